The van der Waals surface area contributed by atoms with Crippen LogP contribution >= 0.6 is 11.8 Å². The quantitative estimate of drug-likeness (QED) is 0.774. The van der Waals surface area contributed by atoms with Crippen LogP contribution < -0.4 is 14.8 Å². The van der Waals surface area contributed by atoms with E-state index in [-0.39, 0.29) is 17.9 Å². The molecule has 4 rings (SSSR count). The number of nitrogens with one attached hydrogen (secondary N) is 1. The average molecular weight is 377 g/mol. The molecule has 2 saturated heterocycles. The van der Waals surface area contributed by atoms with E-state index in [0.29, 0.717) is 45.0 Å². The number of amides is 2. The first kappa shape index (κ1) is 17.5. The van der Waals surface area contributed by atoms with E-state index >= 15 is 0 Å². The summed E-state index contributed by atoms with van der Waals surface area (Å²) in [4.78, 5) is 29.6. The Balaban J connectivity index is 1.27. The number of ether oxygens (including phenoxy) is 2. The highest BCUT2D eigenvalue weighted by Gasteiger charge is 2.35. The minimum Gasteiger partial charge on any atom is -0.486 e. The van der Waals surface area contributed by atoms with Crippen molar-refractivity contribution < 1.29 is 19.1 Å². The Morgan fingerprint density at radius 1 is 1.19 bits per heavy atom. The van der Waals surface area contributed by atoms with E-state index in [1.165, 1.54) is 0 Å². The Morgan fingerprint density at radius 2 is 2.04 bits per heavy atom. The van der Waals surface area contributed by atoms with Gasteiger partial charge in [0.05, 0.1) is 0 Å². The molecule has 1 aromatic carbocycles. The number of benzene rings is 1. The minimum atomic E-state index is -0.188. The molecule has 0 radical (unpaired) electrons. The van der Waals surface area contributed by atoms with Crippen molar-refractivity contribution in [1.29, 1.82) is 0 Å². The molecule has 2 fully saturated rings. The van der Waals surface area contributed by atoms with E-state index in [9.17, 15) is 9.59 Å². The van der Waals surface area contributed by atoms with Gasteiger partial charge in [-0.2, -0.15) is 0 Å². The summed E-state index contributed by atoms with van der Waals surface area (Å²) >= 11 is 1.64. The predicted molar refractivity (Wildman–Crippen MR) is 97.7 cm³/mol. The molecule has 2 amide bonds. The van der Waals surface area contributed by atoms with E-state index in [0.717, 1.165) is 29.5 Å². The lowest BCUT2D eigenvalue weighted by molar-refractivity contribution is -0.139. The number of hydrogen-bond acceptors (Lipinski definition) is 6. The summed E-state index contributed by atoms with van der Waals surface area (Å²) in [5.74, 6) is 2.41. The van der Waals surface area contributed by atoms with Gasteiger partial charge in [0.1, 0.15) is 19.3 Å². The first-order valence-electron chi connectivity index (χ1n) is 9.03. The van der Waals surface area contributed by atoms with Gasteiger partial charge in [-0.1, -0.05) is 0 Å². The fourth-order valence-electron chi connectivity index (χ4n) is 3.53. The van der Waals surface area contributed by atoms with Gasteiger partial charge in [0.25, 0.3) is 0 Å². The standard InChI is InChI=1S/C18H23N3O4S/c22-17(21-7-6-20-5-4-19-18(23)14(20)12-21)3-10-26-13-1-2-15-16(11-13)25-9-8-24-15/h1-2,11,14H,3-10,12H2,(H,19,23)/t14-/m0/s1. The zero-order valence-corrected chi connectivity index (χ0v) is 15.4. The highest BCUT2D eigenvalue weighted by molar-refractivity contribution is 7.99. The normalized spacial score (nSPS) is 22.5. The molecule has 7 nitrogen and oxygen atoms in total. The summed E-state index contributed by atoms with van der Waals surface area (Å²) in [5, 5.41) is 2.89. The molecule has 3 heterocycles. The highest BCUT2D eigenvalue weighted by atomic mass is 32.2. The van der Waals surface area contributed by atoms with E-state index in [1.54, 1.807) is 11.8 Å². The number of piperazine rings is 2. The average Bonchev–Trinajstić information content (AvgIpc) is 2.68. The van der Waals surface area contributed by atoms with Crippen molar-refractivity contribution in [2.45, 2.75) is 17.4 Å². The second-order valence-corrected chi connectivity index (χ2v) is 7.75. The Hall–Kier alpha value is -1.93. The summed E-state index contributed by atoms with van der Waals surface area (Å²) in [6.45, 7) is 4.71. The zero-order chi connectivity index (χ0) is 17.9. The smallest absolute Gasteiger partial charge is 0.239 e. The van der Waals surface area contributed by atoms with Gasteiger partial charge in [-0.05, 0) is 18.2 Å². The van der Waals surface area contributed by atoms with Crippen molar-refractivity contribution in [3.05, 3.63) is 18.2 Å². The van der Waals surface area contributed by atoms with Crippen molar-refractivity contribution >= 4 is 23.6 Å². The molecule has 0 bridgehead atoms. The number of thioether (sulfide) groups is 1. The molecule has 0 spiro atoms. The molecule has 3 aliphatic heterocycles. The van der Waals surface area contributed by atoms with Crippen LogP contribution in [0.3, 0.4) is 0 Å². The molecular weight excluding hydrogens is 354 g/mol. The summed E-state index contributed by atoms with van der Waals surface area (Å²) in [5.41, 5.74) is 0. The lowest BCUT2D eigenvalue weighted by atomic mass is 10.1. The number of fused-ring (bicyclic) bond motifs is 2. The lowest BCUT2D eigenvalue weighted by Crippen LogP contribution is -2.64. The van der Waals surface area contributed by atoms with Crippen LogP contribution in [0, 0.1) is 0 Å². The topological polar surface area (TPSA) is 71.1 Å². The number of carbonyl (C=O) groups is 2. The van der Waals surface area contributed by atoms with Gasteiger partial charge >= 0.3 is 0 Å². The van der Waals surface area contributed by atoms with E-state index in [2.05, 4.69) is 10.2 Å². The molecule has 0 aliphatic carbocycles. The van der Waals surface area contributed by atoms with Crippen molar-refractivity contribution in [1.82, 2.24) is 15.1 Å². The van der Waals surface area contributed by atoms with Crippen molar-refractivity contribution in [3.8, 4) is 11.5 Å². The number of nitrogens with zero attached hydrogens (tertiary/aromatic N) is 2. The summed E-state index contributed by atoms with van der Waals surface area (Å²) in [7, 11) is 0. The van der Waals surface area contributed by atoms with Crippen molar-refractivity contribution in [2.24, 2.45) is 0 Å². The summed E-state index contributed by atoms with van der Waals surface area (Å²) in [6, 6.07) is 5.69. The highest BCUT2D eigenvalue weighted by Crippen LogP contribution is 2.34. The van der Waals surface area contributed by atoms with E-state index in [4.69, 9.17) is 9.47 Å². The van der Waals surface area contributed by atoms with Crippen LogP contribution in [0.1, 0.15) is 6.42 Å². The molecule has 1 aromatic rings. The maximum atomic E-state index is 12.5. The van der Waals surface area contributed by atoms with Gasteiger partial charge in [-0.3, -0.25) is 14.5 Å². The number of rotatable bonds is 4. The maximum absolute atomic E-state index is 12.5. The maximum Gasteiger partial charge on any atom is 0.239 e. The van der Waals surface area contributed by atoms with Crippen molar-refractivity contribution in [2.75, 3.05) is 51.7 Å². The van der Waals surface area contributed by atoms with E-state index in [1.807, 2.05) is 23.1 Å². The zero-order valence-electron chi connectivity index (χ0n) is 14.6. The Morgan fingerprint density at radius 3 is 2.92 bits per heavy atom. The van der Waals surface area contributed by atoms with Crippen molar-refractivity contribution in [3.63, 3.8) is 0 Å². The molecule has 1 N–H and O–H groups in total. The van der Waals surface area contributed by atoms with Crippen LogP contribution in [-0.2, 0) is 9.59 Å². The third-order valence-electron chi connectivity index (χ3n) is 4.94. The largest absolute Gasteiger partial charge is 0.486 e. The predicted octanol–water partition coefficient (Wildman–Crippen LogP) is 0.583. The van der Waals surface area contributed by atoms with Crippen LogP contribution in [0.5, 0.6) is 11.5 Å². The third kappa shape index (κ3) is 3.76. The fourth-order valence-corrected chi connectivity index (χ4v) is 4.40. The second kappa shape index (κ2) is 7.75. The van der Waals surface area contributed by atoms with Crippen LogP contribution in [0.25, 0.3) is 0 Å². The SMILES string of the molecule is O=C1NCCN2CCN(C(=O)CCSc3ccc4c(c3)OCCO4)C[C@@H]12. The fraction of sp³-hybridized carbons (Fsp3) is 0.556. The lowest BCUT2D eigenvalue weighted by Gasteiger charge is -2.43. The third-order valence-corrected chi connectivity index (χ3v) is 5.94. The summed E-state index contributed by atoms with van der Waals surface area (Å²) < 4.78 is 11.1. The van der Waals surface area contributed by atoms with Gasteiger partial charge in [-0.25, -0.2) is 0 Å². The first-order chi connectivity index (χ1) is 12.7. The van der Waals surface area contributed by atoms with Gasteiger partial charge in [0.2, 0.25) is 11.8 Å². The first-order valence-corrected chi connectivity index (χ1v) is 10.0. The number of hydrogen-bond donors (Lipinski definition) is 1. The Kier molecular flexibility index (Phi) is 5.21. The van der Waals surface area contributed by atoms with E-state index < -0.39 is 0 Å². The van der Waals surface area contributed by atoms with Crippen LogP contribution in [-0.4, -0.2) is 79.3 Å². The molecule has 1 atom stereocenters. The van der Waals surface area contributed by atoms with Crippen LogP contribution in [0.4, 0.5) is 0 Å². The minimum absolute atomic E-state index is 0.0411. The Labute approximate surface area is 157 Å². The van der Waals surface area contributed by atoms with Gasteiger partial charge in [-0.15, -0.1) is 11.8 Å². The summed E-state index contributed by atoms with van der Waals surface area (Å²) in [6.07, 6.45) is 0.466. The molecule has 26 heavy (non-hydrogen) atoms. The molecule has 140 valence electrons. The molecule has 3 aliphatic rings. The molecule has 0 saturated carbocycles. The van der Waals surface area contributed by atoms with Crippen LogP contribution in [0.2, 0.25) is 0 Å². The van der Waals surface area contributed by atoms with Gasteiger partial charge < -0.3 is 19.7 Å². The molecule has 0 aromatic heterocycles. The van der Waals surface area contributed by atoms with Crippen LogP contribution in [0.15, 0.2) is 23.1 Å². The molecular formula is C18H23N3O4S. The number of carbonyl (C=O) groups excluding carboxylic acids is 2. The molecule has 8 heteroatoms. The van der Waals surface area contributed by atoms with Gasteiger partial charge in [0, 0.05) is 49.8 Å². The molecule has 0 unspecified atom stereocenters. The van der Waals surface area contributed by atoms with Gasteiger partial charge in [0.15, 0.2) is 11.5 Å². The monoisotopic (exact) mass is 377 g/mol. The second-order valence-electron chi connectivity index (χ2n) is 6.59. The Bertz CT molecular complexity index is 699.